The van der Waals surface area contributed by atoms with Crippen LogP contribution in [0.25, 0.3) is 0 Å². The van der Waals surface area contributed by atoms with Gasteiger partial charge in [-0.3, -0.25) is 9.88 Å². The largest absolute Gasteiger partial charge is 0.496 e. The third-order valence-corrected chi connectivity index (χ3v) is 3.68. The zero-order chi connectivity index (χ0) is 14.4. The van der Waals surface area contributed by atoms with E-state index in [1.807, 2.05) is 13.1 Å². The second-order valence-corrected chi connectivity index (χ2v) is 5.53. The summed E-state index contributed by atoms with van der Waals surface area (Å²) in [6.07, 6.45) is 2.89. The van der Waals surface area contributed by atoms with E-state index in [4.69, 9.17) is 16.3 Å². The van der Waals surface area contributed by atoms with Crippen molar-refractivity contribution < 1.29 is 4.74 Å². The maximum Gasteiger partial charge on any atom is 0.128 e. The quantitative estimate of drug-likeness (QED) is 0.716. The number of alkyl halides is 1. The smallest absolute Gasteiger partial charge is 0.128 e. The van der Waals surface area contributed by atoms with E-state index >= 15 is 0 Å². The molecule has 0 unspecified atom stereocenters. The van der Waals surface area contributed by atoms with Crippen molar-refractivity contribution in [2.24, 2.45) is 0 Å². The summed E-state index contributed by atoms with van der Waals surface area (Å²) in [5.74, 6) is 1.65. The molecule has 1 heterocycles. The number of nitrogens with zero attached hydrogens (tertiary/aromatic N) is 2. The minimum absolute atomic E-state index is 0.483. The van der Waals surface area contributed by atoms with E-state index in [1.165, 1.54) is 0 Å². The Balaban J connectivity index is 2.90. The molecule has 0 amide bonds. The number of hydrogen-bond acceptors (Lipinski definition) is 3. The third kappa shape index (κ3) is 4.36. The Bertz CT molecular complexity index is 407. The first-order valence-electron chi connectivity index (χ1n) is 6.80. The van der Waals surface area contributed by atoms with Crippen LogP contribution >= 0.6 is 11.6 Å². The lowest BCUT2D eigenvalue weighted by molar-refractivity contribution is 0.210. The number of aromatic nitrogens is 1. The van der Waals surface area contributed by atoms with Gasteiger partial charge in [0, 0.05) is 35.8 Å². The molecule has 19 heavy (non-hydrogen) atoms. The van der Waals surface area contributed by atoms with Crippen molar-refractivity contribution in [3.05, 3.63) is 23.0 Å². The molecule has 1 rings (SSSR count). The molecule has 0 atom stereocenters. The minimum atomic E-state index is 0.483. The van der Waals surface area contributed by atoms with E-state index in [9.17, 15) is 0 Å². The van der Waals surface area contributed by atoms with Crippen molar-refractivity contribution in [3.63, 3.8) is 0 Å². The van der Waals surface area contributed by atoms with Crippen LogP contribution in [-0.2, 0) is 6.54 Å². The van der Waals surface area contributed by atoms with E-state index in [1.54, 1.807) is 7.11 Å². The SMILES string of the molecule is COc1c(C)cnc(CN(CCCCl)C(C)C)c1C. The highest BCUT2D eigenvalue weighted by Crippen LogP contribution is 2.25. The van der Waals surface area contributed by atoms with E-state index in [0.29, 0.717) is 11.9 Å². The first kappa shape index (κ1) is 16.3. The van der Waals surface area contributed by atoms with Crippen molar-refractivity contribution in [2.45, 2.75) is 46.7 Å². The standard InChI is InChI=1S/C15H25ClN2O/c1-11(2)18(8-6-7-16)10-14-13(4)15(19-5)12(3)9-17-14/h9,11H,6-8,10H2,1-5H3. The summed E-state index contributed by atoms with van der Waals surface area (Å²) >= 11 is 5.79. The third-order valence-electron chi connectivity index (χ3n) is 3.41. The van der Waals surface area contributed by atoms with Gasteiger partial charge in [0.25, 0.3) is 0 Å². The Morgan fingerprint density at radius 3 is 2.58 bits per heavy atom. The highest BCUT2D eigenvalue weighted by molar-refractivity contribution is 6.17. The van der Waals surface area contributed by atoms with Crippen molar-refractivity contribution in [1.29, 1.82) is 0 Å². The normalized spacial score (nSPS) is 11.4. The number of hydrogen-bond donors (Lipinski definition) is 0. The van der Waals surface area contributed by atoms with Gasteiger partial charge >= 0.3 is 0 Å². The number of methoxy groups -OCH3 is 1. The molecule has 0 spiro atoms. The lowest BCUT2D eigenvalue weighted by Crippen LogP contribution is -2.32. The fourth-order valence-corrected chi connectivity index (χ4v) is 2.33. The summed E-state index contributed by atoms with van der Waals surface area (Å²) in [5, 5.41) is 0. The molecule has 0 aliphatic carbocycles. The first-order valence-corrected chi connectivity index (χ1v) is 7.33. The molecule has 3 nitrogen and oxygen atoms in total. The first-order chi connectivity index (χ1) is 9.01. The Morgan fingerprint density at radius 1 is 1.37 bits per heavy atom. The summed E-state index contributed by atoms with van der Waals surface area (Å²) in [6.45, 7) is 10.4. The van der Waals surface area contributed by atoms with Crippen molar-refractivity contribution in [1.82, 2.24) is 9.88 Å². The van der Waals surface area contributed by atoms with E-state index in [2.05, 4.69) is 30.7 Å². The molecule has 0 fully saturated rings. The van der Waals surface area contributed by atoms with Crippen LogP contribution in [0.15, 0.2) is 6.20 Å². The van der Waals surface area contributed by atoms with Crippen LogP contribution in [0, 0.1) is 13.8 Å². The summed E-state index contributed by atoms with van der Waals surface area (Å²) in [5.41, 5.74) is 3.31. The Hall–Kier alpha value is -0.800. The fourth-order valence-electron chi connectivity index (χ4n) is 2.21. The van der Waals surface area contributed by atoms with Gasteiger partial charge in [0.2, 0.25) is 0 Å². The molecular formula is C15H25ClN2O. The molecular weight excluding hydrogens is 260 g/mol. The zero-order valence-electron chi connectivity index (χ0n) is 12.7. The molecule has 0 aromatic carbocycles. The highest BCUT2D eigenvalue weighted by atomic mass is 35.5. The summed E-state index contributed by atoms with van der Waals surface area (Å²) in [4.78, 5) is 6.96. The fraction of sp³-hybridized carbons (Fsp3) is 0.667. The number of rotatable bonds is 7. The van der Waals surface area contributed by atoms with Crippen molar-refractivity contribution in [2.75, 3.05) is 19.5 Å². The second kappa shape index (κ2) is 7.71. The average Bonchev–Trinajstić information content (AvgIpc) is 2.37. The predicted octanol–water partition coefficient (Wildman–Crippen LogP) is 3.55. The Kier molecular flexibility index (Phi) is 6.59. The van der Waals surface area contributed by atoms with Crippen LogP contribution in [0.4, 0.5) is 0 Å². The summed E-state index contributed by atoms with van der Waals surface area (Å²) < 4.78 is 5.46. The van der Waals surface area contributed by atoms with Gasteiger partial charge in [-0.1, -0.05) is 0 Å². The monoisotopic (exact) mass is 284 g/mol. The Labute approximate surface area is 121 Å². The number of ether oxygens (including phenoxy) is 1. The van der Waals surface area contributed by atoms with Gasteiger partial charge in [-0.25, -0.2) is 0 Å². The maximum atomic E-state index is 5.79. The van der Waals surface area contributed by atoms with E-state index in [-0.39, 0.29) is 0 Å². The van der Waals surface area contributed by atoms with Gasteiger partial charge in [-0.05, 0) is 40.7 Å². The van der Waals surface area contributed by atoms with Crippen LogP contribution in [0.1, 0.15) is 37.1 Å². The van der Waals surface area contributed by atoms with Gasteiger partial charge in [0.1, 0.15) is 5.75 Å². The van der Waals surface area contributed by atoms with E-state index in [0.717, 1.165) is 42.1 Å². The van der Waals surface area contributed by atoms with Crippen LogP contribution < -0.4 is 4.74 Å². The van der Waals surface area contributed by atoms with Crippen molar-refractivity contribution >= 4 is 11.6 Å². The van der Waals surface area contributed by atoms with Crippen LogP contribution in [0.2, 0.25) is 0 Å². The molecule has 0 aliphatic rings. The van der Waals surface area contributed by atoms with Gasteiger partial charge in [0.15, 0.2) is 0 Å². The lowest BCUT2D eigenvalue weighted by Gasteiger charge is -2.26. The number of pyridine rings is 1. The molecule has 108 valence electrons. The van der Waals surface area contributed by atoms with Gasteiger partial charge in [-0.15, -0.1) is 11.6 Å². The number of halogens is 1. The predicted molar refractivity (Wildman–Crippen MR) is 81.1 cm³/mol. The van der Waals surface area contributed by atoms with Gasteiger partial charge in [-0.2, -0.15) is 0 Å². The topological polar surface area (TPSA) is 25.4 Å². The zero-order valence-corrected chi connectivity index (χ0v) is 13.4. The second-order valence-electron chi connectivity index (χ2n) is 5.15. The summed E-state index contributed by atoms with van der Waals surface area (Å²) in [6, 6.07) is 0.483. The Morgan fingerprint density at radius 2 is 2.05 bits per heavy atom. The molecule has 1 aromatic heterocycles. The summed E-state index contributed by atoms with van der Waals surface area (Å²) in [7, 11) is 1.72. The molecule has 1 aromatic rings. The van der Waals surface area contributed by atoms with Gasteiger partial charge < -0.3 is 4.74 Å². The molecule has 0 radical (unpaired) electrons. The van der Waals surface area contributed by atoms with Crippen molar-refractivity contribution in [3.8, 4) is 5.75 Å². The molecule has 0 aliphatic heterocycles. The highest BCUT2D eigenvalue weighted by Gasteiger charge is 2.15. The maximum absolute atomic E-state index is 5.79. The van der Waals surface area contributed by atoms with Gasteiger partial charge in [0.05, 0.1) is 12.8 Å². The average molecular weight is 285 g/mol. The minimum Gasteiger partial charge on any atom is -0.496 e. The molecule has 4 heteroatoms. The molecule has 0 N–H and O–H groups in total. The van der Waals surface area contributed by atoms with Crippen LogP contribution in [0.5, 0.6) is 5.75 Å². The lowest BCUT2D eigenvalue weighted by atomic mass is 10.1. The number of aryl methyl sites for hydroxylation is 1. The molecule has 0 bridgehead atoms. The van der Waals surface area contributed by atoms with Crippen LogP contribution in [0.3, 0.4) is 0 Å². The molecule has 0 saturated carbocycles. The van der Waals surface area contributed by atoms with E-state index < -0.39 is 0 Å². The molecule has 0 saturated heterocycles. The van der Waals surface area contributed by atoms with Crippen LogP contribution in [-0.4, -0.2) is 35.5 Å².